The first-order valence-electron chi connectivity index (χ1n) is 6.85. The summed E-state index contributed by atoms with van der Waals surface area (Å²) >= 11 is 4.30. The Morgan fingerprint density at radius 1 is 1.20 bits per heavy atom. The molecule has 0 amide bonds. The van der Waals surface area contributed by atoms with Gasteiger partial charge >= 0.3 is 5.97 Å². The molecule has 3 rings (SSSR count). The third-order valence-electron chi connectivity index (χ3n) is 3.13. The largest absolute Gasteiger partial charge is 0.486 e. The van der Waals surface area contributed by atoms with Crippen LogP contribution in [0.3, 0.4) is 0 Å². The van der Waals surface area contributed by atoms with Crippen LogP contribution in [0.2, 0.25) is 0 Å². The second-order valence-electron chi connectivity index (χ2n) is 4.90. The molecule has 0 radical (unpaired) electrons. The first-order chi connectivity index (χ1) is 11.9. The predicted molar refractivity (Wildman–Crippen MR) is 90.7 cm³/mol. The van der Waals surface area contributed by atoms with Gasteiger partial charge in [0.1, 0.15) is 34.6 Å². The van der Waals surface area contributed by atoms with Crippen molar-refractivity contribution < 1.29 is 23.4 Å². The minimum Gasteiger partial charge on any atom is -0.486 e. The van der Waals surface area contributed by atoms with E-state index in [1.807, 2.05) is 0 Å². The Balaban J connectivity index is 1.94. The maximum Gasteiger partial charge on any atom is 0.345 e. The zero-order valence-electron chi connectivity index (χ0n) is 12.4. The predicted octanol–water partition coefficient (Wildman–Crippen LogP) is 4.52. The Bertz CT molecular complexity index is 949. The summed E-state index contributed by atoms with van der Waals surface area (Å²) < 4.78 is 32.8. The first kappa shape index (κ1) is 17.4. The molecule has 0 aliphatic carbocycles. The number of carbonyl (C=O) groups is 1. The third kappa shape index (κ3) is 3.99. The number of thiophene rings is 1. The molecule has 0 spiro atoms. The van der Waals surface area contributed by atoms with Crippen LogP contribution >= 0.6 is 27.3 Å². The molecular formula is C16H9BrF2N2O3S. The molecule has 5 nitrogen and oxygen atoms in total. The summed E-state index contributed by atoms with van der Waals surface area (Å²) in [6, 6.07) is 3.82. The molecule has 25 heavy (non-hydrogen) atoms. The average Bonchev–Trinajstić information content (AvgIpc) is 2.95. The number of carboxylic acid groups (broad SMARTS) is 1. The summed E-state index contributed by atoms with van der Waals surface area (Å²) in [5.74, 6) is -2.08. The quantitative estimate of drug-likeness (QED) is 0.648. The highest BCUT2D eigenvalue weighted by Crippen LogP contribution is 2.39. The number of aromatic nitrogens is 2. The van der Waals surface area contributed by atoms with Gasteiger partial charge in [-0.1, -0.05) is 0 Å². The molecule has 3 aromatic heterocycles. The Morgan fingerprint density at radius 3 is 2.64 bits per heavy atom. The number of ether oxygens (including phenoxy) is 1. The lowest BCUT2D eigenvalue weighted by Gasteiger charge is -2.10. The van der Waals surface area contributed by atoms with Gasteiger partial charge in [0.05, 0.1) is 16.2 Å². The van der Waals surface area contributed by atoms with Crippen molar-refractivity contribution in [1.82, 2.24) is 9.97 Å². The number of pyridine rings is 2. The molecule has 3 aromatic rings. The number of hydrogen-bond donors (Lipinski definition) is 1. The minimum absolute atomic E-state index is 0.0452. The maximum absolute atomic E-state index is 13.6. The number of nitrogens with zero attached hydrogens (tertiary/aromatic N) is 2. The monoisotopic (exact) mass is 426 g/mol. The zero-order chi connectivity index (χ0) is 18.0. The van der Waals surface area contributed by atoms with Crippen molar-refractivity contribution in [1.29, 1.82) is 0 Å². The molecule has 9 heteroatoms. The van der Waals surface area contributed by atoms with Gasteiger partial charge < -0.3 is 9.84 Å². The van der Waals surface area contributed by atoms with Crippen molar-refractivity contribution in [3.63, 3.8) is 0 Å². The van der Waals surface area contributed by atoms with E-state index in [1.54, 1.807) is 0 Å². The Labute approximate surface area is 153 Å². The van der Waals surface area contributed by atoms with E-state index in [0.717, 1.165) is 29.8 Å². The van der Waals surface area contributed by atoms with Crippen molar-refractivity contribution in [3.8, 4) is 17.0 Å². The average molecular weight is 427 g/mol. The smallest absolute Gasteiger partial charge is 0.345 e. The molecule has 0 atom stereocenters. The van der Waals surface area contributed by atoms with Gasteiger partial charge in [-0.2, -0.15) is 0 Å². The third-order valence-corrected chi connectivity index (χ3v) is 4.95. The van der Waals surface area contributed by atoms with Gasteiger partial charge in [-0.15, -0.1) is 11.3 Å². The van der Waals surface area contributed by atoms with E-state index in [0.29, 0.717) is 14.9 Å². The lowest BCUT2D eigenvalue weighted by molar-refractivity contribution is 0.0702. The summed E-state index contributed by atoms with van der Waals surface area (Å²) in [6.07, 6.45) is 3.50. The fourth-order valence-electron chi connectivity index (χ4n) is 2.06. The Morgan fingerprint density at radius 2 is 1.96 bits per heavy atom. The summed E-state index contributed by atoms with van der Waals surface area (Å²) in [7, 11) is 0. The van der Waals surface area contributed by atoms with Crippen molar-refractivity contribution in [2.45, 2.75) is 6.61 Å². The van der Waals surface area contributed by atoms with Crippen LogP contribution in [0.25, 0.3) is 11.3 Å². The van der Waals surface area contributed by atoms with Crippen molar-refractivity contribution >= 4 is 33.2 Å². The Hall–Kier alpha value is -2.39. The molecule has 0 saturated heterocycles. The topological polar surface area (TPSA) is 72.3 Å². The second-order valence-corrected chi connectivity index (χ2v) is 7.27. The molecule has 3 heterocycles. The van der Waals surface area contributed by atoms with Gasteiger partial charge in [-0.25, -0.2) is 18.6 Å². The normalized spacial score (nSPS) is 10.7. The molecule has 0 fully saturated rings. The maximum atomic E-state index is 13.6. The van der Waals surface area contributed by atoms with Crippen LogP contribution in [0.1, 0.15) is 15.2 Å². The lowest BCUT2D eigenvalue weighted by atomic mass is 10.2. The van der Waals surface area contributed by atoms with Crippen LogP contribution in [0, 0.1) is 11.6 Å². The van der Waals surface area contributed by atoms with E-state index >= 15 is 0 Å². The molecule has 0 bridgehead atoms. The molecule has 0 unspecified atom stereocenters. The lowest BCUT2D eigenvalue weighted by Crippen LogP contribution is -2.00. The van der Waals surface area contributed by atoms with E-state index in [1.165, 1.54) is 18.3 Å². The number of hydrogen-bond acceptors (Lipinski definition) is 5. The van der Waals surface area contributed by atoms with Crippen LogP contribution in [0.5, 0.6) is 5.75 Å². The van der Waals surface area contributed by atoms with Gasteiger partial charge in [0.25, 0.3) is 0 Å². The summed E-state index contributed by atoms with van der Waals surface area (Å²) in [6.45, 7) is -0.0452. The van der Waals surface area contributed by atoms with Crippen LogP contribution in [-0.2, 0) is 6.61 Å². The molecule has 0 aliphatic rings. The fraction of sp³-hybridized carbons (Fsp3) is 0.0625. The summed E-state index contributed by atoms with van der Waals surface area (Å²) in [5.41, 5.74) is 1.21. The molecule has 0 aromatic carbocycles. The molecule has 128 valence electrons. The van der Waals surface area contributed by atoms with Crippen molar-refractivity contribution in [3.05, 3.63) is 62.7 Å². The number of carboxylic acids is 1. The van der Waals surface area contributed by atoms with Gasteiger partial charge in [-0.3, -0.25) is 4.98 Å². The van der Waals surface area contributed by atoms with Gasteiger partial charge in [0, 0.05) is 23.4 Å². The first-order valence-corrected chi connectivity index (χ1v) is 8.46. The SMILES string of the molecule is O=C(O)c1cc(-c2ncc(F)cc2OCc2cncc(F)c2)c(Br)s1. The summed E-state index contributed by atoms with van der Waals surface area (Å²) in [5, 5.41) is 9.10. The Kier molecular flexibility index (Phi) is 5.05. The molecule has 0 saturated carbocycles. The molecular weight excluding hydrogens is 418 g/mol. The highest BCUT2D eigenvalue weighted by atomic mass is 79.9. The van der Waals surface area contributed by atoms with E-state index in [-0.39, 0.29) is 22.9 Å². The highest BCUT2D eigenvalue weighted by molar-refractivity contribution is 9.11. The zero-order valence-corrected chi connectivity index (χ0v) is 14.8. The van der Waals surface area contributed by atoms with E-state index in [4.69, 9.17) is 9.84 Å². The van der Waals surface area contributed by atoms with Crippen molar-refractivity contribution in [2.75, 3.05) is 0 Å². The second kappa shape index (κ2) is 7.24. The molecule has 1 N–H and O–H groups in total. The van der Waals surface area contributed by atoms with E-state index in [9.17, 15) is 13.6 Å². The van der Waals surface area contributed by atoms with Crippen LogP contribution in [-0.4, -0.2) is 21.0 Å². The van der Waals surface area contributed by atoms with E-state index < -0.39 is 17.6 Å². The van der Waals surface area contributed by atoms with Crippen molar-refractivity contribution in [2.24, 2.45) is 0 Å². The van der Waals surface area contributed by atoms with Crippen LogP contribution < -0.4 is 4.74 Å². The van der Waals surface area contributed by atoms with Gasteiger partial charge in [-0.05, 0) is 28.1 Å². The van der Waals surface area contributed by atoms with E-state index in [2.05, 4.69) is 25.9 Å². The summed E-state index contributed by atoms with van der Waals surface area (Å²) in [4.78, 5) is 18.9. The minimum atomic E-state index is -1.08. The van der Waals surface area contributed by atoms with Crippen LogP contribution in [0.15, 0.2) is 40.6 Å². The van der Waals surface area contributed by atoms with Gasteiger partial charge in [0.2, 0.25) is 0 Å². The number of aromatic carboxylic acids is 1. The van der Waals surface area contributed by atoms with Gasteiger partial charge in [0.15, 0.2) is 0 Å². The van der Waals surface area contributed by atoms with Crippen LogP contribution in [0.4, 0.5) is 8.78 Å². The molecule has 0 aliphatic heterocycles. The standard InChI is InChI=1S/C16H9BrF2N2O3S/c17-15-11(3-13(25-15)16(22)23)14-12(2-10(19)6-21-14)24-7-8-1-9(18)5-20-4-8/h1-6H,7H2,(H,22,23). The number of halogens is 3. The fourth-order valence-corrected chi connectivity index (χ4v) is 3.61. The highest BCUT2D eigenvalue weighted by Gasteiger charge is 2.18. The number of rotatable bonds is 5.